The van der Waals surface area contributed by atoms with Crippen LogP contribution in [0.3, 0.4) is 0 Å². The first kappa shape index (κ1) is 16.0. The van der Waals surface area contributed by atoms with Crippen LogP contribution in [0.2, 0.25) is 14.8 Å². The van der Waals surface area contributed by atoms with Crippen molar-refractivity contribution in [3.05, 3.63) is 21.8 Å². The molecule has 0 aromatic carbocycles. The van der Waals surface area contributed by atoms with E-state index < -0.39 is 18.4 Å². The number of esters is 1. The van der Waals surface area contributed by atoms with Crippen LogP contribution in [0.1, 0.15) is 12.8 Å². The number of hydrogen-bond donors (Lipinski definition) is 0. The van der Waals surface area contributed by atoms with E-state index >= 15 is 0 Å². The Balaban J connectivity index is 4.57. The van der Waals surface area contributed by atoms with Gasteiger partial charge in [0.15, 0.2) is 0 Å². The number of carbonyl (C=O) groups excluding carboxylic acids is 1. The number of hydrogen-bond acceptors (Lipinski definition) is 2. The number of carbonyl (C=O) groups is 1. The van der Waals surface area contributed by atoms with Crippen molar-refractivity contribution < 1.29 is 9.53 Å². The fraction of sp³-hybridized carbons (Fsp3) is 0.583. The maximum absolute atomic E-state index is 10.9. The minimum atomic E-state index is -2.03. The molecule has 0 aliphatic heterocycles. The van der Waals surface area contributed by atoms with Gasteiger partial charge < -0.3 is 0 Å². The van der Waals surface area contributed by atoms with Gasteiger partial charge in [0.25, 0.3) is 0 Å². The van der Waals surface area contributed by atoms with Gasteiger partial charge in [0.05, 0.1) is 0 Å². The van der Waals surface area contributed by atoms with Gasteiger partial charge in [0, 0.05) is 0 Å². The van der Waals surface area contributed by atoms with Gasteiger partial charge in [-0.15, -0.1) is 0 Å². The summed E-state index contributed by atoms with van der Waals surface area (Å²) in [7, 11) is 1.38. The summed E-state index contributed by atoms with van der Waals surface area (Å²) in [4.78, 5) is 18.0. The van der Waals surface area contributed by atoms with Crippen LogP contribution >= 0.6 is 11.6 Å². The maximum atomic E-state index is 10.9. The molecule has 0 N–H and O–H groups in total. The van der Waals surface area contributed by atoms with E-state index in [0.717, 1.165) is 12.8 Å². The monoisotopic (exact) mass is 352 g/mol. The van der Waals surface area contributed by atoms with Crippen LogP contribution in [0.25, 0.3) is 0 Å². The molecule has 0 saturated carbocycles. The fourth-order valence-corrected chi connectivity index (χ4v) is 5.76. The number of halogens is 1. The number of allylic oxidation sites excluding steroid dienone is 3. The molecular formula is C12H21ClO2Sn. The second-order valence-electron chi connectivity index (χ2n) is 4.62. The number of methoxy groups -OCH3 is 1. The van der Waals surface area contributed by atoms with Crippen LogP contribution in [-0.2, 0) is 9.53 Å². The van der Waals surface area contributed by atoms with Crippen molar-refractivity contribution in [2.45, 2.75) is 27.7 Å². The molecule has 0 saturated heterocycles. The van der Waals surface area contributed by atoms with Crippen LogP contribution in [0.4, 0.5) is 0 Å². The zero-order valence-electron chi connectivity index (χ0n) is 10.5. The van der Waals surface area contributed by atoms with E-state index in [1.54, 1.807) is 6.08 Å². The Kier molecular flexibility index (Phi) is 8.20. The summed E-state index contributed by atoms with van der Waals surface area (Å²) in [6.45, 7) is 0. The molecule has 16 heavy (non-hydrogen) atoms. The number of rotatable bonds is 6. The number of alkyl halides is 1. The quantitative estimate of drug-likeness (QED) is 0.241. The molecule has 92 valence electrons. The molecule has 0 spiro atoms. The van der Waals surface area contributed by atoms with Gasteiger partial charge >= 0.3 is 108 Å². The van der Waals surface area contributed by atoms with E-state index in [1.807, 2.05) is 0 Å². The average molecular weight is 351 g/mol. The van der Waals surface area contributed by atoms with Crippen molar-refractivity contribution >= 4 is 35.9 Å². The molecule has 4 heteroatoms. The zero-order valence-corrected chi connectivity index (χ0v) is 14.2. The first-order chi connectivity index (χ1) is 7.41. The standard InChI is InChI=1S/C9H12ClO2.3CH3.Sn/c1-12-9(11)7-5-3-2-4-6-8-10;;;;/h3,5,7H,4,6,8H2,1H3;3*1H3;/b3-2?,7-5+;;;;. The van der Waals surface area contributed by atoms with Crippen LogP contribution in [0, 0.1) is 0 Å². The second-order valence-corrected chi connectivity index (χ2v) is 19.7. The molecule has 0 amide bonds. The summed E-state index contributed by atoms with van der Waals surface area (Å²) in [6, 6.07) is 0. The molecule has 0 aromatic rings. The van der Waals surface area contributed by atoms with Crippen LogP contribution in [0.15, 0.2) is 21.8 Å². The second kappa shape index (κ2) is 8.18. The first-order valence-corrected chi connectivity index (χ1v) is 16.0. The van der Waals surface area contributed by atoms with Crippen LogP contribution in [-0.4, -0.2) is 37.3 Å². The van der Waals surface area contributed by atoms with E-state index in [2.05, 4.69) is 25.6 Å². The van der Waals surface area contributed by atoms with Gasteiger partial charge in [0.2, 0.25) is 0 Å². The Bertz CT molecular complexity index is 277. The van der Waals surface area contributed by atoms with Gasteiger partial charge in [-0.1, -0.05) is 0 Å². The SMILES string of the molecule is COC(=O)/C=C/C=[C](/CCCCl)[Sn]([CH3])([CH3])[CH3]. The van der Waals surface area contributed by atoms with Gasteiger partial charge in [-0.25, -0.2) is 0 Å². The topological polar surface area (TPSA) is 26.3 Å². The third-order valence-corrected chi connectivity index (χ3v) is 9.23. The molecule has 0 aromatic heterocycles. The minimum absolute atomic E-state index is 0.308. The van der Waals surface area contributed by atoms with Crippen LogP contribution < -0.4 is 0 Å². The summed E-state index contributed by atoms with van der Waals surface area (Å²) in [5.41, 5.74) is 0. The summed E-state index contributed by atoms with van der Waals surface area (Å²) in [5, 5.41) is 0. The van der Waals surface area contributed by atoms with E-state index in [0.29, 0.717) is 5.88 Å². The average Bonchev–Trinajstić information content (AvgIpc) is 2.20. The van der Waals surface area contributed by atoms with Crippen molar-refractivity contribution in [3.8, 4) is 0 Å². The summed E-state index contributed by atoms with van der Waals surface area (Å²) in [6.07, 6.45) is 7.37. The van der Waals surface area contributed by atoms with Gasteiger partial charge in [-0.05, 0) is 0 Å². The third kappa shape index (κ3) is 7.33. The summed E-state index contributed by atoms with van der Waals surface area (Å²) < 4.78 is 6.04. The predicted molar refractivity (Wildman–Crippen MR) is 72.5 cm³/mol. The Hall–Kier alpha value is 0.0387. The molecule has 2 nitrogen and oxygen atoms in total. The van der Waals surface area contributed by atoms with Crippen molar-refractivity contribution in [2.75, 3.05) is 13.0 Å². The third-order valence-electron chi connectivity index (χ3n) is 2.27. The van der Waals surface area contributed by atoms with E-state index in [-0.39, 0.29) is 5.97 Å². The molecule has 0 rings (SSSR count). The Labute approximate surface area is 108 Å². The molecule has 0 heterocycles. The van der Waals surface area contributed by atoms with Crippen molar-refractivity contribution in [1.82, 2.24) is 0 Å². The van der Waals surface area contributed by atoms with Gasteiger partial charge in [-0.2, -0.15) is 0 Å². The Morgan fingerprint density at radius 3 is 2.44 bits per heavy atom. The van der Waals surface area contributed by atoms with Crippen molar-refractivity contribution in [3.63, 3.8) is 0 Å². The van der Waals surface area contributed by atoms with Crippen molar-refractivity contribution in [2.24, 2.45) is 0 Å². The summed E-state index contributed by atoms with van der Waals surface area (Å²) >= 11 is 3.68. The number of ether oxygens (including phenoxy) is 1. The van der Waals surface area contributed by atoms with Crippen molar-refractivity contribution in [1.29, 1.82) is 0 Å². The molecule has 0 fully saturated rings. The van der Waals surface area contributed by atoms with Gasteiger partial charge in [-0.3, -0.25) is 0 Å². The molecule has 0 atom stereocenters. The summed E-state index contributed by atoms with van der Waals surface area (Å²) in [5.74, 6) is 0.386. The molecule has 0 unspecified atom stereocenters. The van der Waals surface area contributed by atoms with E-state index in [4.69, 9.17) is 11.6 Å². The molecule has 0 aliphatic carbocycles. The predicted octanol–water partition coefficient (Wildman–Crippen LogP) is 3.54. The Morgan fingerprint density at radius 1 is 1.38 bits per heavy atom. The first-order valence-electron chi connectivity index (χ1n) is 5.43. The Morgan fingerprint density at radius 2 is 2.00 bits per heavy atom. The normalized spacial score (nSPS) is 13.2. The fourth-order valence-electron chi connectivity index (χ4n) is 1.28. The molecular weight excluding hydrogens is 330 g/mol. The molecule has 0 aliphatic rings. The van der Waals surface area contributed by atoms with Crippen LogP contribution in [0.5, 0.6) is 0 Å². The zero-order chi connectivity index (χ0) is 12.6. The molecule has 0 bridgehead atoms. The van der Waals surface area contributed by atoms with E-state index in [9.17, 15) is 4.79 Å². The molecule has 0 radical (unpaired) electrons. The van der Waals surface area contributed by atoms with Gasteiger partial charge in [0.1, 0.15) is 0 Å². The van der Waals surface area contributed by atoms with E-state index in [1.165, 1.54) is 16.8 Å².